The monoisotopic (exact) mass is 271 g/mol. The van der Waals surface area contributed by atoms with E-state index in [9.17, 15) is 0 Å². The number of ether oxygens (including phenoxy) is 2. The molecular formula is C17H21NO2. The van der Waals surface area contributed by atoms with Crippen LogP contribution in [0.2, 0.25) is 0 Å². The lowest BCUT2D eigenvalue weighted by atomic mass is 10.1. The van der Waals surface area contributed by atoms with E-state index in [-0.39, 0.29) is 0 Å². The van der Waals surface area contributed by atoms with Crippen LogP contribution in [-0.4, -0.2) is 14.2 Å². The third-order valence-corrected chi connectivity index (χ3v) is 3.38. The van der Waals surface area contributed by atoms with Gasteiger partial charge in [0.2, 0.25) is 0 Å². The predicted molar refractivity (Wildman–Crippen MR) is 82.8 cm³/mol. The fraction of sp³-hybridized carbons (Fsp3) is 0.294. The summed E-state index contributed by atoms with van der Waals surface area (Å²) in [6.45, 7) is 5.01. The Hall–Kier alpha value is -2.16. The Kier molecular flexibility index (Phi) is 4.51. The van der Waals surface area contributed by atoms with Crippen molar-refractivity contribution in [2.45, 2.75) is 20.4 Å². The number of benzene rings is 2. The highest BCUT2D eigenvalue weighted by atomic mass is 16.5. The average Bonchev–Trinajstić information content (AvgIpc) is 2.48. The number of methoxy groups -OCH3 is 2. The highest BCUT2D eigenvalue weighted by Crippen LogP contribution is 2.29. The third kappa shape index (κ3) is 3.23. The van der Waals surface area contributed by atoms with Crippen LogP contribution in [0, 0.1) is 13.8 Å². The van der Waals surface area contributed by atoms with Crippen LogP contribution in [0.3, 0.4) is 0 Å². The van der Waals surface area contributed by atoms with Gasteiger partial charge in [0.1, 0.15) is 11.5 Å². The van der Waals surface area contributed by atoms with E-state index >= 15 is 0 Å². The van der Waals surface area contributed by atoms with Gasteiger partial charge in [-0.2, -0.15) is 0 Å². The number of hydrogen-bond acceptors (Lipinski definition) is 3. The fourth-order valence-corrected chi connectivity index (χ4v) is 2.13. The minimum atomic E-state index is 0.774. The fourth-order valence-electron chi connectivity index (χ4n) is 2.13. The van der Waals surface area contributed by atoms with Crippen molar-refractivity contribution in [3.05, 3.63) is 53.1 Å². The van der Waals surface area contributed by atoms with E-state index in [1.54, 1.807) is 14.2 Å². The first-order valence-electron chi connectivity index (χ1n) is 6.66. The second-order valence-corrected chi connectivity index (χ2v) is 4.85. The Labute approximate surface area is 120 Å². The van der Waals surface area contributed by atoms with Gasteiger partial charge in [-0.3, -0.25) is 0 Å². The first-order chi connectivity index (χ1) is 9.63. The van der Waals surface area contributed by atoms with Crippen LogP contribution in [0.1, 0.15) is 16.7 Å². The summed E-state index contributed by atoms with van der Waals surface area (Å²) in [4.78, 5) is 0. The van der Waals surface area contributed by atoms with Crippen molar-refractivity contribution >= 4 is 5.69 Å². The van der Waals surface area contributed by atoms with Crippen LogP contribution in [-0.2, 0) is 6.54 Å². The van der Waals surface area contributed by atoms with Gasteiger partial charge < -0.3 is 14.8 Å². The molecule has 0 amide bonds. The largest absolute Gasteiger partial charge is 0.497 e. The van der Waals surface area contributed by atoms with Crippen LogP contribution in [0.5, 0.6) is 11.5 Å². The van der Waals surface area contributed by atoms with Crippen molar-refractivity contribution in [2.24, 2.45) is 0 Å². The molecule has 2 rings (SSSR count). The topological polar surface area (TPSA) is 30.5 Å². The van der Waals surface area contributed by atoms with Crippen molar-refractivity contribution in [3.63, 3.8) is 0 Å². The number of aryl methyl sites for hydroxylation is 2. The molecule has 0 spiro atoms. The van der Waals surface area contributed by atoms with E-state index in [4.69, 9.17) is 9.47 Å². The lowest BCUT2D eigenvalue weighted by molar-refractivity contribution is 0.395. The maximum Gasteiger partial charge on any atom is 0.145 e. The molecule has 0 aromatic heterocycles. The molecule has 1 N–H and O–H groups in total. The van der Waals surface area contributed by atoms with Crippen LogP contribution in [0.25, 0.3) is 0 Å². The molecule has 0 bridgehead atoms. The zero-order valence-electron chi connectivity index (χ0n) is 12.5. The Morgan fingerprint density at radius 1 is 0.950 bits per heavy atom. The number of nitrogens with one attached hydrogen (secondary N) is 1. The lowest BCUT2D eigenvalue weighted by Crippen LogP contribution is -2.03. The van der Waals surface area contributed by atoms with Crippen LogP contribution in [0.15, 0.2) is 36.4 Å². The van der Waals surface area contributed by atoms with E-state index in [0.29, 0.717) is 0 Å². The molecule has 0 saturated heterocycles. The maximum atomic E-state index is 5.39. The molecule has 2 aromatic carbocycles. The summed E-state index contributed by atoms with van der Waals surface area (Å²) in [7, 11) is 3.32. The van der Waals surface area contributed by atoms with Crippen molar-refractivity contribution in [2.75, 3.05) is 19.5 Å². The summed E-state index contributed by atoms with van der Waals surface area (Å²) in [6.07, 6.45) is 0. The standard InChI is InChI=1S/C17H21NO2/c1-12-5-6-13(2)14(9-12)11-18-16-8-7-15(19-3)10-17(16)20-4/h5-10,18H,11H2,1-4H3. The molecule has 3 nitrogen and oxygen atoms in total. The average molecular weight is 271 g/mol. The van der Waals surface area contributed by atoms with Gasteiger partial charge in [0.05, 0.1) is 19.9 Å². The van der Waals surface area contributed by atoms with Gasteiger partial charge in [-0.15, -0.1) is 0 Å². The normalized spacial score (nSPS) is 10.2. The highest BCUT2D eigenvalue weighted by Gasteiger charge is 2.05. The van der Waals surface area contributed by atoms with Crippen molar-refractivity contribution in [1.29, 1.82) is 0 Å². The van der Waals surface area contributed by atoms with Crippen molar-refractivity contribution < 1.29 is 9.47 Å². The van der Waals surface area contributed by atoms with Gasteiger partial charge in [0, 0.05) is 12.6 Å². The van der Waals surface area contributed by atoms with Gasteiger partial charge in [-0.25, -0.2) is 0 Å². The summed E-state index contributed by atoms with van der Waals surface area (Å²) in [5.41, 5.74) is 4.82. The molecule has 0 fully saturated rings. The molecule has 106 valence electrons. The molecule has 3 heteroatoms. The van der Waals surface area contributed by atoms with E-state index in [1.165, 1.54) is 16.7 Å². The van der Waals surface area contributed by atoms with Gasteiger partial charge in [0.25, 0.3) is 0 Å². The zero-order valence-corrected chi connectivity index (χ0v) is 12.5. The number of anilines is 1. The van der Waals surface area contributed by atoms with Gasteiger partial charge >= 0.3 is 0 Å². The Balaban J connectivity index is 2.16. The maximum absolute atomic E-state index is 5.39. The summed E-state index contributed by atoms with van der Waals surface area (Å²) in [5.74, 6) is 1.58. The molecule has 0 atom stereocenters. The summed E-state index contributed by atoms with van der Waals surface area (Å²) in [5, 5.41) is 3.42. The van der Waals surface area contributed by atoms with Gasteiger partial charge in [-0.1, -0.05) is 23.8 Å². The minimum absolute atomic E-state index is 0.774. The second-order valence-electron chi connectivity index (χ2n) is 4.85. The lowest BCUT2D eigenvalue weighted by Gasteiger charge is -2.14. The van der Waals surface area contributed by atoms with E-state index in [2.05, 4.69) is 37.4 Å². The van der Waals surface area contributed by atoms with Gasteiger partial charge in [0.15, 0.2) is 0 Å². The molecule has 20 heavy (non-hydrogen) atoms. The summed E-state index contributed by atoms with van der Waals surface area (Å²) >= 11 is 0. The molecule has 0 heterocycles. The van der Waals surface area contributed by atoms with Crippen LogP contribution in [0.4, 0.5) is 5.69 Å². The Morgan fingerprint density at radius 3 is 2.45 bits per heavy atom. The predicted octanol–water partition coefficient (Wildman–Crippen LogP) is 3.93. The zero-order chi connectivity index (χ0) is 14.5. The van der Waals surface area contributed by atoms with E-state index in [1.807, 2.05) is 18.2 Å². The first-order valence-corrected chi connectivity index (χ1v) is 6.66. The molecule has 0 unspecified atom stereocenters. The van der Waals surface area contributed by atoms with E-state index < -0.39 is 0 Å². The molecule has 0 saturated carbocycles. The van der Waals surface area contributed by atoms with Crippen LogP contribution >= 0.6 is 0 Å². The number of hydrogen-bond donors (Lipinski definition) is 1. The highest BCUT2D eigenvalue weighted by molar-refractivity contribution is 5.59. The Bertz CT molecular complexity index is 594. The molecule has 0 aliphatic heterocycles. The number of rotatable bonds is 5. The first kappa shape index (κ1) is 14.3. The molecule has 0 radical (unpaired) electrons. The second kappa shape index (κ2) is 6.33. The van der Waals surface area contributed by atoms with Crippen LogP contribution < -0.4 is 14.8 Å². The molecular weight excluding hydrogens is 250 g/mol. The Morgan fingerprint density at radius 2 is 1.75 bits per heavy atom. The third-order valence-electron chi connectivity index (χ3n) is 3.38. The molecule has 0 aliphatic rings. The molecule has 2 aromatic rings. The van der Waals surface area contributed by atoms with Crippen molar-refractivity contribution in [3.8, 4) is 11.5 Å². The quantitative estimate of drug-likeness (QED) is 0.893. The van der Waals surface area contributed by atoms with Crippen molar-refractivity contribution in [1.82, 2.24) is 0 Å². The minimum Gasteiger partial charge on any atom is -0.497 e. The smallest absolute Gasteiger partial charge is 0.145 e. The van der Waals surface area contributed by atoms with Gasteiger partial charge in [-0.05, 0) is 37.1 Å². The summed E-state index contributed by atoms with van der Waals surface area (Å²) < 4.78 is 10.6. The SMILES string of the molecule is COc1ccc(NCc2cc(C)ccc2C)c(OC)c1. The van der Waals surface area contributed by atoms with E-state index in [0.717, 1.165) is 23.7 Å². The molecule has 0 aliphatic carbocycles. The summed E-state index contributed by atoms with van der Waals surface area (Å²) in [6, 6.07) is 12.3.